The molecule has 3 rings (SSSR count). The van der Waals surface area contributed by atoms with Gasteiger partial charge < -0.3 is 20.8 Å². The zero-order chi connectivity index (χ0) is 13.9. The number of hydrogen-bond donors (Lipinski definition) is 3. The largest absolute Gasteiger partial charge is 0.399 e. The van der Waals surface area contributed by atoms with Crippen molar-refractivity contribution in [2.75, 3.05) is 25.5 Å². The van der Waals surface area contributed by atoms with E-state index in [0.29, 0.717) is 24.4 Å². The minimum atomic E-state index is -0.100. The molecule has 1 fully saturated rings. The third kappa shape index (κ3) is 2.93. The first kappa shape index (κ1) is 13.0. The van der Waals surface area contributed by atoms with Gasteiger partial charge in [0.1, 0.15) is 0 Å². The molecule has 0 atom stereocenters. The van der Waals surface area contributed by atoms with Crippen LogP contribution in [0.4, 0.5) is 5.69 Å². The molecule has 1 amide bonds. The predicted molar refractivity (Wildman–Crippen MR) is 78.6 cm³/mol. The first-order chi connectivity index (χ1) is 9.74. The lowest BCUT2D eigenvalue weighted by molar-refractivity contribution is 0.0908. The van der Waals surface area contributed by atoms with E-state index in [-0.39, 0.29) is 5.91 Å². The maximum atomic E-state index is 12.1. The zero-order valence-corrected chi connectivity index (χ0v) is 11.3. The summed E-state index contributed by atoms with van der Waals surface area (Å²) in [5.74, 6) is 0.652. The Morgan fingerprint density at radius 3 is 3.10 bits per heavy atom. The van der Waals surface area contributed by atoms with E-state index >= 15 is 0 Å². The van der Waals surface area contributed by atoms with Gasteiger partial charge in [-0.05, 0) is 37.0 Å². The quantitative estimate of drug-likeness (QED) is 0.555. The standard InChI is InChI=1S/C15H19N3O2/c16-11-3-4-14-12(7-11)13(8-18-14)15(19)17-5-6-20-9-10-1-2-10/h3-4,7-8,10,18H,1-2,5-6,9,16H2,(H,17,19). The van der Waals surface area contributed by atoms with Gasteiger partial charge in [0.2, 0.25) is 0 Å². The Labute approximate surface area is 117 Å². The maximum absolute atomic E-state index is 12.1. The van der Waals surface area contributed by atoms with Crippen molar-refractivity contribution in [2.45, 2.75) is 12.8 Å². The SMILES string of the molecule is Nc1ccc2[nH]cc(C(=O)NCCOCC3CC3)c2c1. The van der Waals surface area contributed by atoms with E-state index in [1.54, 1.807) is 6.20 Å². The lowest BCUT2D eigenvalue weighted by atomic mass is 10.1. The number of rotatable bonds is 6. The fourth-order valence-electron chi connectivity index (χ4n) is 2.19. The normalized spacial score (nSPS) is 14.6. The summed E-state index contributed by atoms with van der Waals surface area (Å²) in [6.45, 7) is 1.91. The van der Waals surface area contributed by atoms with Crippen LogP contribution in [0.3, 0.4) is 0 Å². The fourth-order valence-corrected chi connectivity index (χ4v) is 2.19. The average molecular weight is 273 g/mol. The number of carbonyl (C=O) groups excluding carboxylic acids is 1. The summed E-state index contributed by atoms with van der Waals surface area (Å²) in [6, 6.07) is 5.50. The highest BCUT2D eigenvalue weighted by atomic mass is 16.5. The number of benzene rings is 1. The van der Waals surface area contributed by atoms with Gasteiger partial charge in [-0.3, -0.25) is 4.79 Å². The number of carbonyl (C=O) groups is 1. The Balaban J connectivity index is 1.56. The van der Waals surface area contributed by atoms with Crippen molar-refractivity contribution in [1.29, 1.82) is 0 Å². The molecule has 1 heterocycles. The Morgan fingerprint density at radius 1 is 1.45 bits per heavy atom. The van der Waals surface area contributed by atoms with Crippen molar-refractivity contribution < 1.29 is 9.53 Å². The van der Waals surface area contributed by atoms with Crippen LogP contribution in [-0.2, 0) is 4.74 Å². The number of H-pyrrole nitrogens is 1. The summed E-state index contributed by atoms with van der Waals surface area (Å²) in [6.07, 6.45) is 4.27. The number of nitrogen functional groups attached to an aromatic ring is 1. The molecule has 0 bridgehead atoms. The highest BCUT2D eigenvalue weighted by Crippen LogP contribution is 2.28. The summed E-state index contributed by atoms with van der Waals surface area (Å²) in [4.78, 5) is 15.2. The van der Waals surface area contributed by atoms with Gasteiger partial charge in [0, 0.05) is 35.9 Å². The van der Waals surface area contributed by atoms with Crippen LogP contribution in [0.5, 0.6) is 0 Å². The molecule has 1 aliphatic carbocycles. The molecule has 0 radical (unpaired) electrons. The number of anilines is 1. The number of aromatic amines is 1. The summed E-state index contributed by atoms with van der Waals surface area (Å²) in [5, 5.41) is 3.71. The van der Waals surface area contributed by atoms with E-state index in [2.05, 4.69) is 10.3 Å². The van der Waals surface area contributed by atoms with E-state index in [4.69, 9.17) is 10.5 Å². The van der Waals surface area contributed by atoms with Crippen molar-refractivity contribution in [3.63, 3.8) is 0 Å². The lowest BCUT2D eigenvalue weighted by Gasteiger charge is -2.05. The second-order valence-corrected chi connectivity index (χ2v) is 5.28. The lowest BCUT2D eigenvalue weighted by Crippen LogP contribution is -2.27. The Bertz CT molecular complexity index is 617. The van der Waals surface area contributed by atoms with Gasteiger partial charge in [-0.25, -0.2) is 0 Å². The second-order valence-electron chi connectivity index (χ2n) is 5.28. The van der Waals surface area contributed by atoms with Crippen molar-refractivity contribution in [3.05, 3.63) is 30.0 Å². The highest BCUT2D eigenvalue weighted by Gasteiger charge is 2.21. The number of aromatic nitrogens is 1. The maximum Gasteiger partial charge on any atom is 0.253 e. The molecule has 0 spiro atoms. The molecule has 1 aromatic carbocycles. The number of nitrogens with two attached hydrogens (primary N) is 1. The molecule has 0 aliphatic heterocycles. The van der Waals surface area contributed by atoms with Crippen LogP contribution < -0.4 is 11.1 Å². The highest BCUT2D eigenvalue weighted by molar-refractivity contribution is 6.07. The minimum absolute atomic E-state index is 0.100. The molecule has 1 aliphatic rings. The number of fused-ring (bicyclic) bond motifs is 1. The predicted octanol–water partition coefficient (Wildman–Crippen LogP) is 1.91. The monoisotopic (exact) mass is 273 g/mol. The summed E-state index contributed by atoms with van der Waals surface area (Å²) < 4.78 is 5.49. The Morgan fingerprint density at radius 2 is 2.30 bits per heavy atom. The van der Waals surface area contributed by atoms with E-state index in [9.17, 15) is 4.79 Å². The van der Waals surface area contributed by atoms with Gasteiger partial charge in [0.25, 0.3) is 5.91 Å². The van der Waals surface area contributed by atoms with Crippen molar-refractivity contribution >= 4 is 22.5 Å². The zero-order valence-electron chi connectivity index (χ0n) is 11.3. The Hall–Kier alpha value is -2.01. The molecule has 2 aromatic rings. The van der Waals surface area contributed by atoms with Crippen LogP contribution in [0.15, 0.2) is 24.4 Å². The molecule has 5 nitrogen and oxygen atoms in total. The van der Waals surface area contributed by atoms with Gasteiger partial charge in [-0.1, -0.05) is 0 Å². The van der Waals surface area contributed by atoms with Gasteiger partial charge in [-0.2, -0.15) is 0 Å². The molecule has 0 unspecified atom stereocenters. The van der Waals surface area contributed by atoms with Crippen LogP contribution in [0.25, 0.3) is 10.9 Å². The average Bonchev–Trinajstić information content (AvgIpc) is 3.16. The summed E-state index contributed by atoms with van der Waals surface area (Å²) >= 11 is 0. The van der Waals surface area contributed by atoms with E-state index in [1.807, 2.05) is 18.2 Å². The molecule has 0 saturated heterocycles. The number of hydrogen-bond acceptors (Lipinski definition) is 3. The van der Waals surface area contributed by atoms with Crippen molar-refractivity contribution in [3.8, 4) is 0 Å². The molecule has 4 N–H and O–H groups in total. The van der Waals surface area contributed by atoms with Crippen LogP contribution in [0, 0.1) is 5.92 Å². The second kappa shape index (κ2) is 5.54. The van der Waals surface area contributed by atoms with Gasteiger partial charge >= 0.3 is 0 Å². The Kier molecular flexibility index (Phi) is 3.60. The van der Waals surface area contributed by atoms with Gasteiger partial charge in [-0.15, -0.1) is 0 Å². The third-order valence-electron chi connectivity index (χ3n) is 3.53. The molecule has 20 heavy (non-hydrogen) atoms. The fraction of sp³-hybridized carbons (Fsp3) is 0.400. The van der Waals surface area contributed by atoms with Crippen LogP contribution >= 0.6 is 0 Å². The number of nitrogens with one attached hydrogen (secondary N) is 2. The molecule has 1 saturated carbocycles. The molecule has 106 valence electrons. The number of amides is 1. The summed E-state index contributed by atoms with van der Waals surface area (Å²) in [5.41, 5.74) is 7.94. The van der Waals surface area contributed by atoms with Crippen LogP contribution in [0.1, 0.15) is 23.2 Å². The van der Waals surface area contributed by atoms with Crippen LogP contribution in [0.2, 0.25) is 0 Å². The van der Waals surface area contributed by atoms with Crippen molar-refractivity contribution in [2.24, 2.45) is 5.92 Å². The molecule has 1 aromatic heterocycles. The van der Waals surface area contributed by atoms with Crippen LogP contribution in [-0.4, -0.2) is 30.6 Å². The first-order valence-corrected chi connectivity index (χ1v) is 6.96. The smallest absolute Gasteiger partial charge is 0.253 e. The topological polar surface area (TPSA) is 80.1 Å². The molecule has 5 heteroatoms. The molecular weight excluding hydrogens is 254 g/mol. The first-order valence-electron chi connectivity index (χ1n) is 6.96. The minimum Gasteiger partial charge on any atom is -0.399 e. The van der Waals surface area contributed by atoms with Gasteiger partial charge in [0.05, 0.1) is 12.2 Å². The van der Waals surface area contributed by atoms with Crippen molar-refractivity contribution in [1.82, 2.24) is 10.3 Å². The summed E-state index contributed by atoms with van der Waals surface area (Å²) in [7, 11) is 0. The molecular formula is C15H19N3O2. The van der Waals surface area contributed by atoms with E-state index in [1.165, 1.54) is 12.8 Å². The van der Waals surface area contributed by atoms with E-state index in [0.717, 1.165) is 23.4 Å². The van der Waals surface area contributed by atoms with E-state index < -0.39 is 0 Å². The third-order valence-corrected chi connectivity index (χ3v) is 3.53. The number of ether oxygens (including phenoxy) is 1. The van der Waals surface area contributed by atoms with Gasteiger partial charge in [0.15, 0.2) is 0 Å².